The zero-order valence-electron chi connectivity index (χ0n) is 20.8. The molecule has 38 heavy (non-hydrogen) atoms. The van der Waals surface area contributed by atoms with Gasteiger partial charge in [0.05, 0.1) is 28.7 Å². The molecule has 9 nitrogen and oxygen atoms in total. The van der Waals surface area contributed by atoms with Crippen LogP contribution in [0.4, 0.5) is 11.4 Å². The number of hydrogen-bond donors (Lipinski definition) is 0. The maximum Gasteiger partial charge on any atom is 0.360 e. The van der Waals surface area contributed by atoms with Gasteiger partial charge in [-0.1, -0.05) is 35.4 Å². The molecule has 0 N–H and O–H groups in total. The van der Waals surface area contributed by atoms with Gasteiger partial charge in [0, 0.05) is 18.5 Å². The number of morpholine rings is 1. The Bertz CT molecular complexity index is 1680. The van der Waals surface area contributed by atoms with Crippen molar-refractivity contribution in [2.45, 2.75) is 23.6 Å². The molecule has 5 rings (SSSR count). The van der Waals surface area contributed by atoms with E-state index < -0.39 is 25.7 Å². The Labute approximate surface area is 221 Å². The molecule has 4 aromatic rings. The molecule has 0 saturated carbocycles. The molecule has 0 aliphatic carbocycles. The lowest BCUT2D eigenvalue weighted by atomic mass is 10.2. The van der Waals surface area contributed by atoms with Crippen molar-refractivity contribution in [3.63, 3.8) is 0 Å². The first kappa shape index (κ1) is 26.0. The third-order valence-corrected chi connectivity index (χ3v) is 10.5. The Kier molecular flexibility index (Phi) is 6.76. The van der Waals surface area contributed by atoms with Crippen LogP contribution in [0.2, 0.25) is 0 Å². The third kappa shape index (κ3) is 4.80. The van der Waals surface area contributed by atoms with E-state index in [1.54, 1.807) is 44.2 Å². The monoisotopic (exact) mass is 554 g/mol. The van der Waals surface area contributed by atoms with Crippen LogP contribution in [0.15, 0.2) is 91.8 Å². The minimum Gasteiger partial charge on any atom is -0.421 e. The SMILES string of the molecule is Cc1ccc(S(=O)(=O)N(c2ccc3oc(=O)c(N4CCOCC4)cc3c2)S(=O)(=O)c2ccc(C)cc2)cc1. The van der Waals surface area contributed by atoms with E-state index in [0.717, 1.165) is 11.1 Å². The summed E-state index contributed by atoms with van der Waals surface area (Å²) in [7, 11) is -9.14. The van der Waals surface area contributed by atoms with Crippen molar-refractivity contribution in [3.8, 4) is 0 Å². The molecule has 0 radical (unpaired) electrons. The smallest absolute Gasteiger partial charge is 0.360 e. The highest BCUT2D eigenvalue weighted by atomic mass is 32.3. The van der Waals surface area contributed by atoms with Crippen LogP contribution in [0.25, 0.3) is 11.0 Å². The molecule has 1 saturated heterocycles. The number of anilines is 2. The minimum absolute atomic E-state index is 0.111. The molecular weight excluding hydrogens is 528 g/mol. The summed E-state index contributed by atoms with van der Waals surface area (Å²) in [6.45, 7) is 5.50. The van der Waals surface area contributed by atoms with Crippen molar-refractivity contribution in [2.75, 3.05) is 34.9 Å². The lowest BCUT2D eigenvalue weighted by Gasteiger charge is -2.28. The van der Waals surface area contributed by atoms with Crippen LogP contribution >= 0.6 is 0 Å². The van der Waals surface area contributed by atoms with Gasteiger partial charge in [-0.15, -0.1) is 0 Å². The first-order valence-corrected chi connectivity index (χ1v) is 14.8. The Hall–Kier alpha value is -3.67. The van der Waals surface area contributed by atoms with E-state index in [4.69, 9.17) is 9.15 Å². The van der Waals surface area contributed by atoms with Gasteiger partial charge in [0.1, 0.15) is 11.3 Å². The predicted molar refractivity (Wildman–Crippen MR) is 145 cm³/mol. The van der Waals surface area contributed by atoms with Gasteiger partial charge in [-0.05, 0) is 62.4 Å². The second-order valence-corrected chi connectivity index (χ2v) is 12.9. The third-order valence-electron chi connectivity index (χ3n) is 6.33. The number of fused-ring (bicyclic) bond motifs is 1. The van der Waals surface area contributed by atoms with Crippen LogP contribution in [-0.2, 0) is 24.8 Å². The molecule has 0 bridgehead atoms. The first-order chi connectivity index (χ1) is 18.1. The van der Waals surface area contributed by atoms with Gasteiger partial charge in [0.25, 0.3) is 20.0 Å². The lowest BCUT2D eigenvalue weighted by Crippen LogP contribution is -2.38. The summed E-state index contributed by atoms with van der Waals surface area (Å²) < 4.78 is 66.8. The highest BCUT2D eigenvalue weighted by Crippen LogP contribution is 2.33. The highest BCUT2D eigenvalue weighted by Gasteiger charge is 2.37. The van der Waals surface area contributed by atoms with Crippen molar-refractivity contribution < 1.29 is 26.0 Å². The maximum atomic E-state index is 13.9. The number of aryl methyl sites for hydroxylation is 2. The second-order valence-electron chi connectivity index (χ2n) is 9.07. The molecule has 11 heteroatoms. The minimum atomic E-state index is -4.57. The van der Waals surface area contributed by atoms with E-state index in [1.165, 1.54) is 42.5 Å². The Morgan fingerprint density at radius 3 is 1.79 bits per heavy atom. The number of sulfonamides is 2. The molecule has 1 fully saturated rings. The van der Waals surface area contributed by atoms with Crippen LogP contribution < -0.4 is 14.2 Å². The quantitative estimate of drug-likeness (QED) is 0.331. The van der Waals surface area contributed by atoms with E-state index in [-0.39, 0.29) is 21.1 Å². The van der Waals surface area contributed by atoms with Crippen LogP contribution in [0.1, 0.15) is 11.1 Å². The van der Waals surface area contributed by atoms with E-state index >= 15 is 0 Å². The maximum absolute atomic E-state index is 13.9. The summed E-state index contributed by atoms with van der Waals surface area (Å²) in [6.07, 6.45) is 0. The van der Waals surface area contributed by atoms with Crippen molar-refractivity contribution in [1.82, 2.24) is 0 Å². The fourth-order valence-electron chi connectivity index (χ4n) is 4.26. The summed E-state index contributed by atoms with van der Waals surface area (Å²) in [4.78, 5) is 14.1. The van der Waals surface area contributed by atoms with E-state index in [1.807, 2.05) is 4.90 Å². The molecular formula is C27H26N2O7S2. The standard InChI is InChI=1S/C27H26N2O7S2/c1-19-3-8-23(9-4-19)37(31,32)29(38(33,34)24-10-5-20(2)6-11-24)22-7-12-26-21(17-22)18-25(27(30)36-26)28-13-15-35-16-14-28/h3-12,17-18H,13-16H2,1-2H3. The Balaban J connectivity index is 1.71. The fourth-order valence-corrected chi connectivity index (χ4v) is 7.93. The van der Waals surface area contributed by atoms with Gasteiger partial charge in [0.2, 0.25) is 0 Å². The summed E-state index contributed by atoms with van der Waals surface area (Å²) in [5.41, 5.74) is 1.51. The van der Waals surface area contributed by atoms with E-state index in [0.29, 0.717) is 41.1 Å². The number of rotatable bonds is 6. The topological polar surface area (TPSA) is 114 Å². The zero-order valence-corrected chi connectivity index (χ0v) is 22.5. The van der Waals surface area contributed by atoms with Crippen molar-refractivity contribution in [3.05, 3.63) is 94.3 Å². The normalized spacial score (nSPS) is 14.5. The molecule has 1 aliphatic heterocycles. The zero-order chi connectivity index (χ0) is 27.1. The van der Waals surface area contributed by atoms with Crippen LogP contribution in [0, 0.1) is 13.8 Å². The van der Waals surface area contributed by atoms with Crippen molar-refractivity contribution in [1.29, 1.82) is 0 Å². The average molecular weight is 555 g/mol. The summed E-state index contributed by atoms with van der Waals surface area (Å²) >= 11 is 0. The van der Waals surface area contributed by atoms with Gasteiger partial charge in [-0.25, -0.2) is 21.6 Å². The average Bonchev–Trinajstić information content (AvgIpc) is 2.89. The molecule has 198 valence electrons. The van der Waals surface area contributed by atoms with Crippen LogP contribution in [0.5, 0.6) is 0 Å². The summed E-state index contributed by atoms with van der Waals surface area (Å²) in [6, 6.07) is 17.6. The lowest BCUT2D eigenvalue weighted by molar-refractivity contribution is 0.122. The van der Waals surface area contributed by atoms with Crippen molar-refractivity contribution >= 4 is 42.4 Å². The number of nitrogens with zero attached hydrogens (tertiary/aromatic N) is 2. The predicted octanol–water partition coefficient (Wildman–Crippen LogP) is 3.83. The Morgan fingerprint density at radius 2 is 1.26 bits per heavy atom. The van der Waals surface area contributed by atoms with E-state index in [9.17, 15) is 21.6 Å². The molecule has 3 aromatic carbocycles. The summed E-state index contributed by atoms with van der Waals surface area (Å²) in [5, 5.41) is 0.381. The molecule has 0 unspecified atom stereocenters. The van der Waals surface area contributed by atoms with Crippen LogP contribution in [0.3, 0.4) is 0 Å². The highest BCUT2D eigenvalue weighted by molar-refractivity contribution is 8.10. The van der Waals surface area contributed by atoms with Crippen LogP contribution in [-0.4, -0.2) is 43.1 Å². The van der Waals surface area contributed by atoms with Gasteiger partial charge < -0.3 is 14.1 Å². The molecule has 2 heterocycles. The number of benzene rings is 3. The number of hydrogen-bond acceptors (Lipinski definition) is 8. The first-order valence-electron chi connectivity index (χ1n) is 11.9. The molecule has 0 spiro atoms. The molecule has 0 amide bonds. The molecule has 0 atom stereocenters. The van der Waals surface area contributed by atoms with Gasteiger partial charge in [0.15, 0.2) is 0 Å². The summed E-state index contributed by atoms with van der Waals surface area (Å²) in [5.74, 6) is 0. The van der Waals surface area contributed by atoms with Crippen molar-refractivity contribution in [2.24, 2.45) is 0 Å². The van der Waals surface area contributed by atoms with Gasteiger partial charge >= 0.3 is 5.63 Å². The fraction of sp³-hybridized carbons (Fsp3) is 0.222. The largest absolute Gasteiger partial charge is 0.421 e. The van der Waals surface area contributed by atoms with E-state index in [2.05, 4.69) is 0 Å². The molecule has 1 aromatic heterocycles. The second kappa shape index (κ2) is 9.90. The molecule has 1 aliphatic rings. The van der Waals surface area contributed by atoms with Gasteiger partial charge in [-0.2, -0.15) is 3.71 Å². The Morgan fingerprint density at radius 1 is 0.737 bits per heavy atom. The van der Waals surface area contributed by atoms with Gasteiger partial charge in [-0.3, -0.25) is 0 Å². The number of ether oxygens (including phenoxy) is 1.